The first kappa shape index (κ1) is 17.7. The van der Waals surface area contributed by atoms with Gasteiger partial charge in [0.25, 0.3) is 11.6 Å². The highest BCUT2D eigenvalue weighted by atomic mass is 16.6. The molecule has 128 valence electrons. The number of fused-ring (bicyclic) bond motifs is 1. The lowest BCUT2D eigenvalue weighted by Gasteiger charge is -2.12. The molecule has 0 aliphatic heterocycles. The highest BCUT2D eigenvalue weighted by Gasteiger charge is 2.16. The van der Waals surface area contributed by atoms with Gasteiger partial charge in [-0.2, -0.15) is 0 Å². The molecule has 0 radical (unpaired) electrons. The quantitative estimate of drug-likeness (QED) is 0.455. The van der Waals surface area contributed by atoms with Gasteiger partial charge in [-0.15, -0.1) is 0 Å². The van der Waals surface area contributed by atoms with Crippen LogP contribution in [0.5, 0.6) is 0 Å². The van der Waals surface area contributed by atoms with Crippen LogP contribution >= 0.6 is 0 Å². The average Bonchev–Trinajstić information content (AvgIpc) is 2.55. The Morgan fingerprint density at radius 3 is 2.58 bits per heavy atom. The number of benzene rings is 1. The van der Waals surface area contributed by atoms with Gasteiger partial charge in [0.05, 0.1) is 15.8 Å². The summed E-state index contributed by atoms with van der Waals surface area (Å²) in [4.78, 5) is 34.3. The van der Waals surface area contributed by atoms with E-state index in [-0.39, 0.29) is 16.6 Å². The Morgan fingerprint density at radius 2 is 1.96 bits per heavy atom. The summed E-state index contributed by atoms with van der Waals surface area (Å²) in [5, 5.41) is 11.1. The van der Waals surface area contributed by atoms with Crippen molar-refractivity contribution in [1.29, 1.82) is 0 Å². The van der Waals surface area contributed by atoms with Crippen LogP contribution in [0.4, 0.5) is 5.69 Å². The summed E-state index contributed by atoms with van der Waals surface area (Å²) in [5.41, 5.74) is 4.96. The van der Waals surface area contributed by atoms with Gasteiger partial charge in [-0.1, -0.05) is 32.6 Å². The lowest BCUT2D eigenvalue weighted by atomic mass is 10.1. The van der Waals surface area contributed by atoms with Crippen LogP contribution in [-0.4, -0.2) is 15.4 Å². The number of unbranched alkanes of at least 4 members (excludes halogenated alkanes) is 4. The molecule has 0 unspecified atom stereocenters. The maximum absolute atomic E-state index is 12.4. The molecule has 0 atom stereocenters. The molecular formula is C17H21N3O4. The fraction of sp³-hybridized carbons (Fsp3) is 0.412. The highest BCUT2D eigenvalue weighted by Crippen LogP contribution is 2.20. The van der Waals surface area contributed by atoms with E-state index in [9.17, 15) is 19.7 Å². The van der Waals surface area contributed by atoms with Crippen LogP contribution < -0.4 is 11.2 Å². The van der Waals surface area contributed by atoms with E-state index >= 15 is 0 Å². The first-order valence-corrected chi connectivity index (χ1v) is 8.07. The molecule has 7 heteroatoms. The Hall–Kier alpha value is -2.70. The molecule has 1 aromatic heterocycles. The van der Waals surface area contributed by atoms with Crippen LogP contribution in [0.2, 0.25) is 0 Å². The van der Waals surface area contributed by atoms with Gasteiger partial charge in [0.15, 0.2) is 0 Å². The molecule has 0 bridgehead atoms. The molecule has 0 saturated heterocycles. The third kappa shape index (κ3) is 3.79. The smallest absolute Gasteiger partial charge is 0.270 e. The number of aromatic nitrogens is 1. The van der Waals surface area contributed by atoms with Crippen LogP contribution in [0.1, 0.15) is 49.4 Å². The van der Waals surface area contributed by atoms with Crippen molar-refractivity contribution in [3.63, 3.8) is 0 Å². The number of nitro groups is 1. The number of aryl methyl sites for hydroxylation is 1. The molecule has 2 rings (SSSR count). The van der Waals surface area contributed by atoms with E-state index < -0.39 is 16.3 Å². The Labute approximate surface area is 139 Å². The molecular weight excluding hydrogens is 310 g/mol. The maximum Gasteiger partial charge on any atom is 0.270 e. The van der Waals surface area contributed by atoms with Crippen LogP contribution in [0, 0.1) is 10.1 Å². The van der Waals surface area contributed by atoms with Crippen molar-refractivity contribution in [3.05, 3.63) is 50.3 Å². The number of nitrogens with two attached hydrogens (primary N) is 1. The largest absolute Gasteiger partial charge is 0.365 e. The zero-order chi connectivity index (χ0) is 17.7. The summed E-state index contributed by atoms with van der Waals surface area (Å²) in [6.45, 7) is 2.76. The minimum absolute atomic E-state index is 0.142. The van der Waals surface area contributed by atoms with Gasteiger partial charge in [-0.05, 0) is 12.5 Å². The second-order valence-electron chi connectivity index (χ2n) is 5.80. The van der Waals surface area contributed by atoms with Crippen molar-refractivity contribution in [1.82, 2.24) is 4.57 Å². The lowest BCUT2D eigenvalue weighted by molar-refractivity contribution is -0.384. The average molecular weight is 331 g/mol. The maximum atomic E-state index is 12.4. The first-order valence-electron chi connectivity index (χ1n) is 8.07. The number of nitrogens with zero attached hydrogens (tertiary/aromatic N) is 2. The number of amides is 1. The number of primary amides is 1. The number of carbonyl (C=O) groups excluding carboxylic acids is 1. The van der Waals surface area contributed by atoms with Gasteiger partial charge in [0.2, 0.25) is 5.43 Å². The van der Waals surface area contributed by atoms with Crippen LogP contribution in [0.3, 0.4) is 0 Å². The molecule has 1 heterocycles. The Morgan fingerprint density at radius 1 is 1.25 bits per heavy atom. The summed E-state index contributed by atoms with van der Waals surface area (Å²) in [7, 11) is 0. The molecule has 0 aliphatic rings. The van der Waals surface area contributed by atoms with E-state index in [0.717, 1.165) is 25.7 Å². The summed E-state index contributed by atoms with van der Waals surface area (Å²) in [6, 6.07) is 4.11. The molecule has 2 aromatic rings. The number of rotatable bonds is 8. The lowest BCUT2D eigenvalue weighted by Crippen LogP contribution is -2.24. The molecule has 1 amide bonds. The number of non-ortho nitro benzene ring substituents is 1. The van der Waals surface area contributed by atoms with Gasteiger partial charge >= 0.3 is 0 Å². The standard InChI is InChI=1S/C17H21N3O4/c1-2-3-4-5-6-9-19-11-14(17(18)22)16(21)13-10-12(20(23)24)7-8-15(13)19/h7-8,10-11H,2-6,9H2,1H3,(H2,18,22). The van der Waals surface area contributed by atoms with Crippen LogP contribution in [-0.2, 0) is 6.54 Å². The Bertz CT molecular complexity index is 826. The topological polar surface area (TPSA) is 108 Å². The normalized spacial score (nSPS) is 10.9. The van der Waals surface area contributed by atoms with E-state index in [2.05, 4.69) is 6.92 Å². The van der Waals surface area contributed by atoms with E-state index in [1.165, 1.54) is 24.8 Å². The number of hydrogen-bond acceptors (Lipinski definition) is 4. The highest BCUT2D eigenvalue weighted by molar-refractivity contribution is 5.96. The number of carbonyl (C=O) groups is 1. The second kappa shape index (κ2) is 7.72. The van der Waals surface area contributed by atoms with Crippen molar-refractivity contribution in [3.8, 4) is 0 Å². The third-order valence-corrected chi connectivity index (χ3v) is 4.04. The van der Waals surface area contributed by atoms with E-state index in [1.54, 1.807) is 10.6 Å². The minimum atomic E-state index is -0.826. The summed E-state index contributed by atoms with van der Waals surface area (Å²) in [6.07, 6.45) is 6.84. The first-order chi connectivity index (χ1) is 11.5. The number of pyridine rings is 1. The third-order valence-electron chi connectivity index (χ3n) is 4.04. The van der Waals surface area contributed by atoms with Gasteiger partial charge in [-0.3, -0.25) is 19.7 Å². The Kier molecular flexibility index (Phi) is 5.68. The van der Waals surface area contributed by atoms with Gasteiger partial charge in [0.1, 0.15) is 5.56 Å². The number of nitro benzene ring substituents is 1. The van der Waals surface area contributed by atoms with Crippen LogP contribution in [0.15, 0.2) is 29.2 Å². The fourth-order valence-corrected chi connectivity index (χ4v) is 2.75. The molecule has 7 nitrogen and oxygen atoms in total. The predicted molar refractivity (Wildman–Crippen MR) is 92.1 cm³/mol. The molecule has 0 spiro atoms. The predicted octanol–water partition coefficient (Wildman–Crippen LogP) is 2.98. The van der Waals surface area contributed by atoms with Crippen molar-refractivity contribution in [2.75, 3.05) is 0 Å². The van der Waals surface area contributed by atoms with Gasteiger partial charge in [0, 0.05) is 24.9 Å². The Balaban J connectivity index is 2.45. The van der Waals surface area contributed by atoms with Crippen molar-refractivity contribution >= 4 is 22.5 Å². The van der Waals surface area contributed by atoms with E-state index in [0.29, 0.717) is 12.1 Å². The molecule has 2 N–H and O–H groups in total. The fourth-order valence-electron chi connectivity index (χ4n) is 2.75. The SMILES string of the molecule is CCCCCCCn1cc(C(N)=O)c(=O)c2cc([N+](=O)[O-])ccc21. The molecule has 0 aliphatic carbocycles. The molecule has 24 heavy (non-hydrogen) atoms. The molecule has 0 saturated carbocycles. The zero-order valence-corrected chi connectivity index (χ0v) is 13.7. The van der Waals surface area contributed by atoms with Gasteiger partial charge in [-0.25, -0.2) is 0 Å². The van der Waals surface area contributed by atoms with Crippen molar-refractivity contribution in [2.24, 2.45) is 5.73 Å². The van der Waals surface area contributed by atoms with Crippen molar-refractivity contribution < 1.29 is 9.72 Å². The molecule has 1 aromatic carbocycles. The zero-order valence-electron chi connectivity index (χ0n) is 13.7. The van der Waals surface area contributed by atoms with Crippen LogP contribution in [0.25, 0.3) is 10.9 Å². The summed E-state index contributed by atoms with van der Waals surface area (Å²) in [5.74, 6) is -0.826. The summed E-state index contributed by atoms with van der Waals surface area (Å²) < 4.78 is 1.78. The van der Waals surface area contributed by atoms with E-state index in [4.69, 9.17) is 5.73 Å². The summed E-state index contributed by atoms with van der Waals surface area (Å²) >= 11 is 0. The van der Waals surface area contributed by atoms with Crippen molar-refractivity contribution in [2.45, 2.75) is 45.6 Å². The minimum Gasteiger partial charge on any atom is -0.365 e. The van der Waals surface area contributed by atoms with E-state index in [1.807, 2.05) is 0 Å². The monoisotopic (exact) mass is 331 g/mol. The second-order valence-corrected chi connectivity index (χ2v) is 5.80. The van der Waals surface area contributed by atoms with Gasteiger partial charge < -0.3 is 10.3 Å². The molecule has 0 fully saturated rings. The number of hydrogen-bond donors (Lipinski definition) is 1.